The second-order valence-corrected chi connectivity index (χ2v) is 8.19. The smallest absolute Gasteiger partial charge is 0.232 e. The van der Waals surface area contributed by atoms with Crippen molar-refractivity contribution in [2.75, 3.05) is 10.5 Å². The van der Waals surface area contributed by atoms with Crippen LogP contribution < -0.4 is 4.72 Å². The predicted molar refractivity (Wildman–Crippen MR) is 106 cm³/mol. The molecule has 0 atom stereocenters. The molecule has 0 radical (unpaired) electrons. The Morgan fingerprint density at radius 2 is 1.81 bits per heavy atom. The van der Waals surface area contributed by atoms with Gasteiger partial charge < -0.3 is 4.57 Å². The van der Waals surface area contributed by atoms with E-state index < -0.39 is 10.0 Å². The van der Waals surface area contributed by atoms with Crippen LogP contribution in [0.2, 0.25) is 0 Å². The van der Waals surface area contributed by atoms with Crippen molar-refractivity contribution in [1.82, 2.24) is 4.57 Å². The largest absolute Gasteiger partial charge is 0.340 e. The number of nitrogens with one attached hydrogen (secondary N) is 1. The van der Waals surface area contributed by atoms with Crippen LogP contribution in [-0.4, -0.2) is 18.7 Å². The number of fused-ring (bicyclic) bond motifs is 1. The van der Waals surface area contributed by atoms with Crippen LogP contribution in [0.25, 0.3) is 22.2 Å². The number of aromatic nitrogens is 1. The molecule has 0 fully saturated rings. The molecular weight excluding hydrogens is 346 g/mol. The SMILES string of the molecule is CCn1c(-c2ccc(NS(=O)(=O)CC)cc2)c(C#N)c2ccc(C)cc21. The quantitative estimate of drug-likeness (QED) is 0.732. The van der Waals surface area contributed by atoms with E-state index in [1.807, 2.05) is 31.2 Å². The number of rotatable bonds is 5. The molecule has 0 amide bonds. The fourth-order valence-electron chi connectivity index (χ4n) is 3.15. The summed E-state index contributed by atoms with van der Waals surface area (Å²) >= 11 is 0. The molecule has 5 nitrogen and oxygen atoms in total. The van der Waals surface area contributed by atoms with E-state index in [1.165, 1.54) is 0 Å². The highest BCUT2D eigenvalue weighted by atomic mass is 32.2. The first-order valence-corrected chi connectivity index (χ1v) is 10.2. The number of aryl methyl sites for hydroxylation is 2. The normalized spacial score (nSPS) is 11.5. The lowest BCUT2D eigenvalue weighted by Gasteiger charge is -2.10. The van der Waals surface area contributed by atoms with Crippen LogP contribution in [0, 0.1) is 18.3 Å². The second kappa shape index (κ2) is 6.85. The van der Waals surface area contributed by atoms with E-state index in [9.17, 15) is 13.7 Å². The molecule has 0 saturated carbocycles. The number of nitrogens with zero attached hydrogens (tertiary/aromatic N) is 2. The van der Waals surface area contributed by atoms with Gasteiger partial charge in [-0.2, -0.15) is 5.26 Å². The van der Waals surface area contributed by atoms with E-state index in [0.29, 0.717) is 11.3 Å². The molecule has 134 valence electrons. The highest BCUT2D eigenvalue weighted by Crippen LogP contribution is 2.34. The van der Waals surface area contributed by atoms with Crippen molar-refractivity contribution in [2.45, 2.75) is 27.3 Å². The van der Waals surface area contributed by atoms with Gasteiger partial charge in [0.2, 0.25) is 10.0 Å². The lowest BCUT2D eigenvalue weighted by atomic mass is 10.1. The molecule has 0 bridgehead atoms. The van der Waals surface area contributed by atoms with Gasteiger partial charge in [-0.15, -0.1) is 0 Å². The van der Waals surface area contributed by atoms with E-state index >= 15 is 0 Å². The molecule has 26 heavy (non-hydrogen) atoms. The molecule has 6 heteroatoms. The lowest BCUT2D eigenvalue weighted by Crippen LogP contribution is -2.14. The van der Waals surface area contributed by atoms with Gasteiger partial charge in [0.25, 0.3) is 0 Å². The van der Waals surface area contributed by atoms with Crippen molar-refractivity contribution in [3.63, 3.8) is 0 Å². The Labute approximate surface area is 153 Å². The van der Waals surface area contributed by atoms with Crippen molar-refractivity contribution in [3.05, 3.63) is 53.6 Å². The summed E-state index contributed by atoms with van der Waals surface area (Å²) in [4.78, 5) is 0. The standard InChI is InChI=1S/C20H21N3O2S/c1-4-23-19-12-14(3)6-11-17(19)18(13-21)20(23)15-7-9-16(10-8-15)22-26(24,25)5-2/h6-12,22H,4-5H2,1-3H3. The van der Waals surface area contributed by atoms with Crippen molar-refractivity contribution < 1.29 is 8.42 Å². The molecule has 0 aliphatic heterocycles. The molecule has 1 aromatic heterocycles. The van der Waals surface area contributed by atoms with Gasteiger partial charge in [0.15, 0.2) is 0 Å². The highest BCUT2D eigenvalue weighted by molar-refractivity contribution is 7.92. The van der Waals surface area contributed by atoms with Crippen molar-refractivity contribution in [1.29, 1.82) is 5.26 Å². The topological polar surface area (TPSA) is 74.9 Å². The Balaban J connectivity index is 2.15. The number of hydrogen-bond acceptors (Lipinski definition) is 3. The summed E-state index contributed by atoms with van der Waals surface area (Å²) in [6.07, 6.45) is 0. The molecule has 1 N–H and O–H groups in total. The Hall–Kier alpha value is -2.78. The van der Waals surface area contributed by atoms with Gasteiger partial charge in [-0.3, -0.25) is 4.72 Å². The first-order chi connectivity index (χ1) is 12.4. The molecule has 3 aromatic rings. The summed E-state index contributed by atoms with van der Waals surface area (Å²) in [6, 6.07) is 15.6. The Bertz CT molecular complexity index is 1100. The molecule has 0 aliphatic rings. The Kier molecular flexibility index (Phi) is 4.75. The van der Waals surface area contributed by atoms with Gasteiger partial charge in [0, 0.05) is 17.6 Å². The van der Waals surface area contributed by atoms with Crippen molar-refractivity contribution in [2.24, 2.45) is 0 Å². The molecule has 2 aromatic carbocycles. The maximum Gasteiger partial charge on any atom is 0.232 e. The van der Waals surface area contributed by atoms with Crippen molar-refractivity contribution in [3.8, 4) is 17.3 Å². The third-order valence-electron chi connectivity index (χ3n) is 4.46. The van der Waals surface area contributed by atoms with Crippen LogP contribution >= 0.6 is 0 Å². The fourth-order valence-corrected chi connectivity index (χ4v) is 3.79. The first kappa shape index (κ1) is 18.0. The van der Waals surface area contributed by atoms with Crippen molar-refractivity contribution >= 4 is 26.6 Å². The van der Waals surface area contributed by atoms with E-state index in [2.05, 4.69) is 28.3 Å². The Morgan fingerprint density at radius 3 is 2.38 bits per heavy atom. The van der Waals surface area contributed by atoms with Crippen LogP contribution in [0.1, 0.15) is 25.0 Å². The average Bonchev–Trinajstić information content (AvgIpc) is 2.94. The molecule has 0 spiro atoms. The number of hydrogen-bond donors (Lipinski definition) is 1. The van der Waals surface area contributed by atoms with Crippen LogP contribution in [0.15, 0.2) is 42.5 Å². The second-order valence-electron chi connectivity index (χ2n) is 6.18. The fraction of sp³-hybridized carbons (Fsp3) is 0.250. The third kappa shape index (κ3) is 3.18. The van der Waals surface area contributed by atoms with Crippen LogP contribution in [0.5, 0.6) is 0 Å². The van der Waals surface area contributed by atoms with Gasteiger partial charge in [0.1, 0.15) is 6.07 Å². The summed E-state index contributed by atoms with van der Waals surface area (Å²) in [6.45, 7) is 6.42. The minimum atomic E-state index is -3.31. The number of benzene rings is 2. The predicted octanol–water partition coefficient (Wildman–Crippen LogP) is 4.27. The van der Waals surface area contributed by atoms with Gasteiger partial charge >= 0.3 is 0 Å². The van der Waals surface area contributed by atoms with E-state index in [0.717, 1.165) is 34.3 Å². The number of nitriles is 1. The zero-order valence-electron chi connectivity index (χ0n) is 15.1. The summed E-state index contributed by atoms with van der Waals surface area (Å²) in [5.41, 5.74) is 5.09. The van der Waals surface area contributed by atoms with E-state index in [4.69, 9.17) is 0 Å². The van der Waals surface area contributed by atoms with E-state index in [1.54, 1.807) is 19.1 Å². The molecule has 0 saturated heterocycles. The van der Waals surface area contributed by atoms with Gasteiger partial charge in [-0.1, -0.05) is 24.3 Å². The average molecular weight is 367 g/mol. The van der Waals surface area contributed by atoms with Gasteiger partial charge in [0.05, 0.1) is 22.5 Å². The lowest BCUT2D eigenvalue weighted by molar-refractivity contribution is 0.602. The summed E-state index contributed by atoms with van der Waals surface area (Å²) in [5, 5.41) is 10.7. The van der Waals surface area contributed by atoms with Crippen LogP contribution in [0.3, 0.4) is 0 Å². The molecule has 0 aliphatic carbocycles. The molecular formula is C20H21N3O2S. The summed E-state index contributed by atoms with van der Waals surface area (Å²) in [5.74, 6) is 0.0246. The zero-order chi connectivity index (χ0) is 18.9. The third-order valence-corrected chi connectivity index (χ3v) is 5.77. The van der Waals surface area contributed by atoms with Crippen LogP contribution in [-0.2, 0) is 16.6 Å². The summed E-state index contributed by atoms with van der Waals surface area (Å²) < 4.78 is 28.1. The maximum atomic E-state index is 11.7. The van der Waals surface area contributed by atoms with Crippen LogP contribution in [0.4, 0.5) is 5.69 Å². The molecule has 0 unspecified atom stereocenters. The Morgan fingerprint density at radius 1 is 1.12 bits per heavy atom. The summed E-state index contributed by atoms with van der Waals surface area (Å²) in [7, 11) is -3.31. The van der Waals surface area contributed by atoms with Gasteiger partial charge in [-0.25, -0.2) is 8.42 Å². The first-order valence-electron chi connectivity index (χ1n) is 8.54. The minimum Gasteiger partial charge on any atom is -0.340 e. The number of anilines is 1. The number of sulfonamides is 1. The highest BCUT2D eigenvalue weighted by Gasteiger charge is 2.18. The minimum absolute atomic E-state index is 0.0246. The zero-order valence-corrected chi connectivity index (χ0v) is 15.9. The molecule has 1 heterocycles. The van der Waals surface area contributed by atoms with E-state index in [-0.39, 0.29) is 5.75 Å². The maximum absolute atomic E-state index is 11.7. The van der Waals surface area contributed by atoms with Gasteiger partial charge in [-0.05, 0) is 50.1 Å². The monoisotopic (exact) mass is 367 g/mol. The molecule has 3 rings (SSSR count).